The van der Waals surface area contributed by atoms with Crippen LogP contribution in [0.15, 0.2) is 24.3 Å². The minimum absolute atomic E-state index is 0.255. The van der Waals surface area contributed by atoms with Crippen molar-refractivity contribution in [2.24, 2.45) is 11.8 Å². The van der Waals surface area contributed by atoms with Gasteiger partial charge < -0.3 is 10.1 Å². The molecule has 0 spiro atoms. The first kappa shape index (κ1) is 16.5. The van der Waals surface area contributed by atoms with E-state index in [2.05, 4.69) is 57.3 Å². The van der Waals surface area contributed by atoms with Gasteiger partial charge in [-0.3, -0.25) is 0 Å². The van der Waals surface area contributed by atoms with E-state index >= 15 is 0 Å². The molecule has 1 heterocycles. The van der Waals surface area contributed by atoms with Crippen LogP contribution < -0.4 is 5.32 Å². The Morgan fingerprint density at radius 3 is 2.71 bits per heavy atom. The minimum Gasteiger partial charge on any atom is -0.373 e. The molecule has 3 atom stereocenters. The summed E-state index contributed by atoms with van der Waals surface area (Å²) < 4.78 is 6.10. The van der Waals surface area contributed by atoms with Crippen molar-refractivity contribution in [3.8, 4) is 0 Å². The van der Waals surface area contributed by atoms with Crippen molar-refractivity contribution < 1.29 is 4.74 Å². The summed E-state index contributed by atoms with van der Waals surface area (Å²) in [5.41, 5.74) is 2.88. The van der Waals surface area contributed by atoms with Crippen LogP contribution in [-0.4, -0.2) is 19.2 Å². The molecular formula is C19H31NO. The maximum atomic E-state index is 6.10. The fourth-order valence-corrected chi connectivity index (χ4v) is 3.18. The lowest BCUT2D eigenvalue weighted by atomic mass is 9.84. The van der Waals surface area contributed by atoms with Crippen molar-refractivity contribution in [3.63, 3.8) is 0 Å². The molecule has 21 heavy (non-hydrogen) atoms. The summed E-state index contributed by atoms with van der Waals surface area (Å²) in [6.45, 7) is 11.2. The molecule has 0 amide bonds. The van der Waals surface area contributed by atoms with E-state index in [1.807, 2.05) is 0 Å². The van der Waals surface area contributed by atoms with Crippen LogP contribution in [0.4, 0.5) is 0 Å². The number of hydrogen-bond donors (Lipinski definition) is 1. The van der Waals surface area contributed by atoms with Crippen molar-refractivity contribution in [1.82, 2.24) is 5.32 Å². The van der Waals surface area contributed by atoms with Gasteiger partial charge in [0.05, 0.1) is 12.7 Å². The van der Waals surface area contributed by atoms with Crippen LogP contribution in [-0.2, 0) is 11.2 Å². The zero-order valence-electron chi connectivity index (χ0n) is 14.1. The van der Waals surface area contributed by atoms with Crippen LogP contribution in [0.2, 0.25) is 0 Å². The molecule has 0 aromatic heterocycles. The van der Waals surface area contributed by atoms with Crippen LogP contribution >= 0.6 is 0 Å². The second-order valence-corrected chi connectivity index (χ2v) is 6.71. The number of ether oxygens (including phenoxy) is 1. The lowest BCUT2D eigenvalue weighted by molar-refractivity contribution is 0.0230. The van der Waals surface area contributed by atoms with Gasteiger partial charge in [-0.15, -0.1) is 0 Å². The molecule has 1 N–H and O–H groups in total. The summed E-state index contributed by atoms with van der Waals surface area (Å²) in [5, 5.41) is 3.75. The monoisotopic (exact) mass is 289 g/mol. The molecule has 2 rings (SSSR count). The van der Waals surface area contributed by atoms with Gasteiger partial charge in [0.15, 0.2) is 0 Å². The zero-order chi connectivity index (χ0) is 15.2. The smallest absolute Gasteiger partial charge is 0.0842 e. The molecule has 1 aliphatic rings. The van der Waals surface area contributed by atoms with Crippen molar-refractivity contribution in [2.45, 2.75) is 59.1 Å². The van der Waals surface area contributed by atoms with Gasteiger partial charge >= 0.3 is 0 Å². The van der Waals surface area contributed by atoms with Crippen molar-refractivity contribution in [2.75, 3.05) is 13.2 Å². The molecule has 2 nitrogen and oxygen atoms in total. The number of nitrogens with one attached hydrogen (secondary N) is 1. The highest BCUT2D eigenvalue weighted by Gasteiger charge is 2.27. The maximum absolute atomic E-state index is 6.10. The number of hydrogen-bond acceptors (Lipinski definition) is 2. The van der Waals surface area contributed by atoms with E-state index in [-0.39, 0.29) is 6.10 Å². The normalized spacial score (nSPS) is 21.1. The Morgan fingerprint density at radius 1 is 1.24 bits per heavy atom. The molecule has 3 unspecified atom stereocenters. The van der Waals surface area contributed by atoms with E-state index in [0.717, 1.165) is 26.0 Å². The van der Waals surface area contributed by atoms with Gasteiger partial charge in [0.2, 0.25) is 0 Å². The predicted molar refractivity (Wildman–Crippen MR) is 89.5 cm³/mol. The molecule has 118 valence electrons. The first-order valence-corrected chi connectivity index (χ1v) is 8.56. The van der Waals surface area contributed by atoms with E-state index in [9.17, 15) is 0 Å². The van der Waals surface area contributed by atoms with Gasteiger partial charge in [0.25, 0.3) is 0 Å². The highest BCUT2D eigenvalue weighted by molar-refractivity contribution is 5.31. The average molecular weight is 289 g/mol. The summed E-state index contributed by atoms with van der Waals surface area (Å²) in [7, 11) is 0. The Bertz CT molecular complexity index is 429. The van der Waals surface area contributed by atoms with Gasteiger partial charge in [-0.25, -0.2) is 0 Å². The van der Waals surface area contributed by atoms with Crippen LogP contribution in [0, 0.1) is 11.8 Å². The van der Waals surface area contributed by atoms with Gasteiger partial charge in [-0.2, -0.15) is 0 Å². The topological polar surface area (TPSA) is 21.3 Å². The van der Waals surface area contributed by atoms with Crippen LogP contribution in [0.25, 0.3) is 0 Å². The standard InChI is InChI=1S/C19H31NO/c1-5-11-20-18(15(4)14(2)3)13-19-17-9-7-6-8-16(17)10-12-21-19/h6-9,14-15,18-20H,5,10-13H2,1-4H3. The third-order valence-electron chi connectivity index (χ3n) is 4.90. The van der Waals surface area contributed by atoms with Gasteiger partial charge in [-0.1, -0.05) is 52.0 Å². The second-order valence-electron chi connectivity index (χ2n) is 6.71. The zero-order valence-corrected chi connectivity index (χ0v) is 14.1. The Balaban J connectivity index is 2.09. The van der Waals surface area contributed by atoms with Crippen molar-refractivity contribution in [1.29, 1.82) is 0 Å². The molecule has 0 bridgehead atoms. The van der Waals surface area contributed by atoms with Crippen molar-refractivity contribution >= 4 is 0 Å². The summed E-state index contributed by atoms with van der Waals surface area (Å²) >= 11 is 0. The molecule has 1 aromatic rings. The minimum atomic E-state index is 0.255. The Morgan fingerprint density at radius 2 is 2.00 bits per heavy atom. The van der Waals surface area contributed by atoms with E-state index in [1.54, 1.807) is 0 Å². The number of benzene rings is 1. The fraction of sp³-hybridized carbons (Fsp3) is 0.684. The van der Waals surface area contributed by atoms with Crippen LogP contribution in [0.1, 0.15) is 57.8 Å². The Labute approximate surface area is 130 Å². The predicted octanol–water partition coefficient (Wildman–Crippen LogP) is 4.35. The van der Waals surface area contributed by atoms with Gasteiger partial charge in [0.1, 0.15) is 0 Å². The third-order valence-corrected chi connectivity index (χ3v) is 4.90. The van der Waals surface area contributed by atoms with E-state index in [1.165, 1.54) is 17.5 Å². The molecule has 0 radical (unpaired) electrons. The Kier molecular flexibility index (Phi) is 6.25. The average Bonchev–Trinajstić information content (AvgIpc) is 2.50. The van der Waals surface area contributed by atoms with Crippen LogP contribution in [0.5, 0.6) is 0 Å². The first-order valence-electron chi connectivity index (χ1n) is 8.56. The second kappa shape index (κ2) is 7.95. The lowest BCUT2D eigenvalue weighted by Gasteiger charge is -2.34. The first-order chi connectivity index (χ1) is 10.1. The summed E-state index contributed by atoms with van der Waals surface area (Å²) in [6.07, 6.45) is 3.57. The molecule has 0 saturated heterocycles. The summed E-state index contributed by atoms with van der Waals surface area (Å²) in [6, 6.07) is 9.31. The molecule has 0 fully saturated rings. The van der Waals surface area contributed by atoms with Crippen LogP contribution in [0.3, 0.4) is 0 Å². The number of rotatable bonds is 7. The molecule has 1 aromatic carbocycles. The van der Waals surface area contributed by atoms with Gasteiger partial charge in [-0.05, 0) is 48.8 Å². The number of fused-ring (bicyclic) bond motifs is 1. The molecular weight excluding hydrogens is 258 g/mol. The SMILES string of the molecule is CCCNC(CC1OCCc2ccccc21)C(C)C(C)C. The molecule has 2 heteroatoms. The quantitative estimate of drug-likeness (QED) is 0.805. The van der Waals surface area contributed by atoms with E-state index < -0.39 is 0 Å². The Hall–Kier alpha value is -0.860. The van der Waals surface area contributed by atoms with E-state index in [0.29, 0.717) is 17.9 Å². The maximum Gasteiger partial charge on any atom is 0.0842 e. The van der Waals surface area contributed by atoms with Gasteiger partial charge in [0, 0.05) is 6.04 Å². The largest absolute Gasteiger partial charge is 0.373 e. The molecule has 0 aliphatic carbocycles. The summed E-state index contributed by atoms with van der Waals surface area (Å²) in [4.78, 5) is 0. The lowest BCUT2D eigenvalue weighted by Crippen LogP contribution is -2.39. The highest BCUT2D eigenvalue weighted by atomic mass is 16.5. The van der Waals surface area contributed by atoms with E-state index in [4.69, 9.17) is 4.74 Å². The van der Waals surface area contributed by atoms with Crippen molar-refractivity contribution in [3.05, 3.63) is 35.4 Å². The molecule has 1 aliphatic heterocycles. The summed E-state index contributed by atoms with van der Waals surface area (Å²) in [5.74, 6) is 1.35. The fourth-order valence-electron chi connectivity index (χ4n) is 3.18. The highest BCUT2D eigenvalue weighted by Crippen LogP contribution is 2.32. The molecule has 0 saturated carbocycles. The third kappa shape index (κ3) is 4.31.